The summed E-state index contributed by atoms with van der Waals surface area (Å²) in [6.07, 6.45) is 3.17. The summed E-state index contributed by atoms with van der Waals surface area (Å²) in [4.78, 5) is 12.5. The van der Waals surface area contributed by atoms with E-state index in [-0.39, 0.29) is 5.91 Å². The zero-order valence-electron chi connectivity index (χ0n) is 18.7. The minimum atomic E-state index is -0.271. The number of nitrogens with one attached hydrogen (secondary N) is 1. The predicted octanol–water partition coefficient (Wildman–Crippen LogP) is 7.05. The highest BCUT2D eigenvalue weighted by atomic mass is 79.9. The van der Waals surface area contributed by atoms with Crippen molar-refractivity contribution in [3.8, 4) is 17.2 Å². The van der Waals surface area contributed by atoms with E-state index < -0.39 is 0 Å². The molecule has 1 amide bonds. The molecular formula is C26H25BrClNO4. The molecule has 3 aromatic carbocycles. The highest BCUT2D eigenvalue weighted by Crippen LogP contribution is 2.38. The molecule has 172 valence electrons. The molecule has 0 atom stereocenters. The third kappa shape index (κ3) is 6.76. The summed E-state index contributed by atoms with van der Waals surface area (Å²) in [6.45, 7) is 4.62. The Morgan fingerprint density at radius 1 is 1.09 bits per heavy atom. The fourth-order valence-electron chi connectivity index (χ4n) is 3.12. The number of methoxy groups -OCH3 is 1. The maximum absolute atomic E-state index is 12.5. The van der Waals surface area contributed by atoms with Crippen molar-refractivity contribution in [1.82, 2.24) is 0 Å². The number of aryl methyl sites for hydroxylation is 1. The van der Waals surface area contributed by atoms with Gasteiger partial charge in [-0.15, -0.1) is 0 Å². The molecule has 33 heavy (non-hydrogen) atoms. The molecule has 1 N–H and O–H groups in total. The van der Waals surface area contributed by atoms with Gasteiger partial charge in [0.05, 0.1) is 23.9 Å². The molecule has 0 aromatic heterocycles. The van der Waals surface area contributed by atoms with Crippen molar-refractivity contribution in [3.63, 3.8) is 0 Å². The smallest absolute Gasteiger partial charge is 0.248 e. The van der Waals surface area contributed by atoms with Crippen LogP contribution in [0.25, 0.3) is 6.08 Å². The summed E-state index contributed by atoms with van der Waals surface area (Å²) in [6, 6.07) is 16.8. The first-order valence-corrected chi connectivity index (χ1v) is 11.5. The first-order chi connectivity index (χ1) is 15.9. The summed E-state index contributed by atoms with van der Waals surface area (Å²) in [7, 11) is 1.57. The van der Waals surface area contributed by atoms with E-state index in [2.05, 4.69) is 21.2 Å². The highest BCUT2D eigenvalue weighted by molar-refractivity contribution is 9.10. The summed E-state index contributed by atoms with van der Waals surface area (Å²) in [5.41, 5.74) is 3.29. The summed E-state index contributed by atoms with van der Waals surface area (Å²) in [5, 5.41) is 3.49. The monoisotopic (exact) mass is 529 g/mol. The SMILES string of the molecule is CCOc1cc(/C=C/C(=O)Nc2cc(C)ccc2OC)cc(Br)c1OCc1ccccc1Cl. The van der Waals surface area contributed by atoms with Gasteiger partial charge in [0, 0.05) is 16.7 Å². The van der Waals surface area contributed by atoms with Gasteiger partial charge in [0.25, 0.3) is 0 Å². The maximum atomic E-state index is 12.5. The second kappa shape index (κ2) is 11.8. The van der Waals surface area contributed by atoms with Crippen LogP contribution in [0.5, 0.6) is 17.2 Å². The van der Waals surface area contributed by atoms with Gasteiger partial charge in [0.1, 0.15) is 12.4 Å². The Kier molecular flexibility index (Phi) is 8.80. The molecule has 3 aromatic rings. The van der Waals surface area contributed by atoms with E-state index in [9.17, 15) is 4.79 Å². The van der Waals surface area contributed by atoms with Crippen LogP contribution in [0.1, 0.15) is 23.6 Å². The molecule has 0 aliphatic heterocycles. The summed E-state index contributed by atoms with van der Waals surface area (Å²) >= 11 is 9.79. The number of hydrogen-bond donors (Lipinski definition) is 1. The minimum absolute atomic E-state index is 0.271. The lowest BCUT2D eigenvalue weighted by molar-refractivity contribution is -0.111. The Balaban J connectivity index is 1.77. The standard InChI is InChI=1S/C26H25BrClNO4/c1-4-32-24-15-18(10-12-25(30)29-22-13-17(2)9-11-23(22)31-3)14-20(27)26(24)33-16-19-7-5-6-8-21(19)28/h5-15H,4,16H2,1-3H3,(H,29,30)/b12-10+. The van der Waals surface area contributed by atoms with Crippen molar-refractivity contribution >= 4 is 45.2 Å². The van der Waals surface area contributed by atoms with E-state index in [1.165, 1.54) is 6.08 Å². The van der Waals surface area contributed by atoms with E-state index in [1.54, 1.807) is 13.2 Å². The second-order valence-electron chi connectivity index (χ2n) is 7.17. The number of benzene rings is 3. The molecule has 0 saturated carbocycles. The van der Waals surface area contributed by atoms with Gasteiger partial charge in [-0.3, -0.25) is 4.79 Å². The Morgan fingerprint density at radius 2 is 1.88 bits per heavy atom. The average molecular weight is 531 g/mol. The van der Waals surface area contributed by atoms with E-state index >= 15 is 0 Å². The highest BCUT2D eigenvalue weighted by Gasteiger charge is 2.13. The van der Waals surface area contributed by atoms with Gasteiger partial charge in [-0.2, -0.15) is 0 Å². The third-order valence-electron chi connectivity index (χ3n) is 4.70. The number of halogens is 2. The van der Waals surface area contributed by atoms with E-state index in [4.69, 9.17) is 25.8 Å². The maximum Gasteiger partial charge on any atom is 0.248 e. The lowest BCUT2D eigenvalue weighted by Crippen LogP contribution is -2.09. The van der Waals surface area contributed by atoms with Crippen molar-refractivity contribution in [2.75, 3.05) is 19.0 Å². The van der Waals surface area contributed by atoms with Crippen LogP contribution < -0.4 is 19.5 Å². The quantitative estimate of drug-likeness (QED) is 0.301. The first-order valence-electron chi connectivity index (χ1n) is 10.4. The number of ether oxygens (including phenoxy) is 3. The Morgan fingerprint density at radius 3 is 2.61 bits per heavy atom. The van der Waals surface area contributed by atoms with Crippen LogP contribution in [0.2, 0.25) is 5.02 Å². The van der Waals surface area contributed by atoms with Gasteiger partial charge in [0.2, 0.25) is 5.91 Å². The van der Waals surface area contributed by atoms with Crippen LogP contribution in [0.3, 0.4) is 0 Å². The molecule has 0 aliphatic carbocycles. The predicted molar refractivity (Wildman–Crippen MR) is 136 cm³/mol. The minimum Gasteiger partial charge on any atom is -0.495 e. The van der Waals surface area contributed by atoms with Gasteiger partial charge in [0.15, 0.2) is 11.5 Å². The summed E-state index contributed by atoms with van der Waals surface area (Å²) in [5.74, 6) is 1.47. The largest absolute Gasteiger partial charge is 0.495 e. The number of rotatable bonds is 9. The third-order valence-corrected chi connectivity index (χ3v) is 5.66. The Labute approximate surface area is 207 Å². The molecule has 0 saturated heterocycles. The molecule has 0 unspecified atom stereocenters. The van der Waals surface area contributed by atoms with Gasteiger partial charge in [-0.05, 0) is 77.3 Å². The van der Waals surface area contributed by atoms with Crippen LogP contribution >= 0.6 is 27.5 Å². The number of carbonyl (C=O) groups is 1. The molecule has 0 spiro atoms. The van der Waals surface area contributed by atoms with Crippen molar-refractivity contribution in [3.05, 3.63) is 86.9 Å². The molecule has 0 bridgehead atoms. The van der Waals surface area contributed by atoms with Crippen LogP contribution in [0, 0.1) is 6.92 Å². The van der Waals surface area contributed by atoms with E-state index in [1.807, 2.05) is 68.4 Å². The van der Waals surface area contributed by atoms with Gasteiger partial charge in [-0.1, -0.05) is 35.9 Å². The van der Waals surface area contributed by atoms with E-state index in [0.717, 1.165) is 16.7 Å². The second-order valence-corrected chi connectivity index (χ2v) is 8.43. The zero-order chi connectivity index (χ0) is 23.8. The zero-order valence-corrected chi connectivity index (χ0v) is 21.0. The molecule has 7 heteroatoms. The number of anilines is 1. The fraction of sp³-hybridized carbons (Fsp3) is 0.192. The average Bonchev–Trinajstić information content (AvgIpc) is 2.78. The normalized spacial score (nSPS) is 10.8. The van der Waals surface area contributed by atoms with Crippen LogP contribution in [-0.4, -0.2) is 19.6 Å². The summed E-state index contributed by atoms with van der Waals surface area (Å²) < 4.78 is 17.8. The van der Waals surface area contributed by atoms with E-state index in [0.29, 0.717) is 45.6 Å². The molecule has 0 radical (unpaired) electrons. The topological polar surface area (TPSA) is 56.8 Å². The van der Waals surface area contributed by atoms with Crippen molar-refractivity contribution < 1.29 is 19.0 Å². The lowest BCUT2D eigenvalue weighted by Gasteiger charge is -2.15. The molecule has 0 fully saturated rings. The fourth-order valence-corrected chi connectivity index (χ4v) is 3.88. The Bertz CT molecular complexity index is 1160. The van der Waals surface area contributed by atoms with Gasteiger partial charge in [-0.25, -0.2) is 0 Å². The van der Waals surface area contributed by atoms with Crippen LogP contribution in [0.15, 0.2) is 65.1 Å². The molecule has 5 nitrogen and oxygen atoms in total. The lowest BCUT2D eigenvalue weighted by atomic mass is 10.1. The molecule has 3 rings (SSSR count). The van der Waals surface area contributed by atoms with Crippen LogP contribution in [-0.2, 0) is 11.4 Å². The van der Waals surface area contributed by atoms with Gasteiger partial charge < -0.3 is 19.5 Å². The van der Waals surface area contributed by atoms with Crippen LogP contribution in [0.4, 0.5) is 5.69 Å². The van der Waals surface area contributed by atoms with Crippen molar-refractivity contribution in [2.24, 2.45) is 0 Å². The Hall–Kier alpha value is -2.96. The number of hydrogen-bond acceptors (Lipinski definition) is 4. The van der Waals surface area contributed by atoms with Crippen molar-refractivity contribution in [2.45, 2.75) is 20.5 Å². The first kappa shape index (κ1) is 24.7. The number of carbonyl (C=O) groups excluding carboxylic acids is 1. The molecule has 0 aliphatic rings. The van der Waals surface area contributed by atoms with Gasteiger partial charge >= 0.3 is 0 Å². The number of amides is 1. The molecule has 0 heterocycles. The molecular weight excluding hydrogens is 506 g/mol. The van der Waals surface area contributed by atoms with Crippen molar-refractivity contribution in [1.29, 1.82) is 0 Å².